The van der Waals surface area contributed by atoms with Crippen LogP contribution in [0.2, 0.25) is 0 Å². The van der Waals surface area contributed by atoms with Gasteiger partial charge in [0.15, 0.2) is 5.96 Å². The fraction of sp³-hybridized carbons (Fsp3) is 0.611. The van der Waals surface area contributed by atoms with E-state index in [0.717, 1.165) is 37.5 Å². The lowest BCUT2D eigenvalue weighted by Crippen LogP contribution is -2.39. The summed E-state index contributed by atoms with van der Waals surface area (Å²) in [5, 5.41) is 6.52. The molecular weight excluding hydrogens is 463 g/mol. The van der Waals surface area contributed by atoms with Crippen LogP contribution in [0, 0.1) is 5.92 Å². The van der Waals surface area contributed by atoms with Crippen molar-refractivity contribution in [3.05, 3.63) is 29.8 Å². The Kier molecular flexibility index (Phi) is 9.88. The van der Waals surface area contributed by atoms with E-state index in [9.17, 15) is 8.42 Å². The van der Waals surface area contributed by atoms with Crippen molar-refractivity contribution >= 4 is 40.0 Å². The quantitative estimate of drug-likeness (QED) is 0.348. The van der Waals surface area contributed by atoms with E-state index >= 15 is 0 Å². The summed E-state index contributed by atoms with van der Waals surface area (Å²) in [6, 6.07) is 7.07. The van der Waals surface area contributed by atoms with Crippen molar-refractivity contribution in [3.63, 3.8) is 0 Å². The minimum Gasteiger partial charge on any atom is -0.357 e. The zero-order valence-electron chi connectivity index (χ0n) is 15.9. The van der Waals surface area contributed by atoms with E-state index in [2.05, 4.69) is 29.5 Å². The number of nitrogens with zero attached hydrogens (tertiary/aromatic N) is 2. The molecule has 0 saturated carbocycles. The lowest BCUT2D eigenvalue weighted by molar-refractivity contribution is 0.477. The number of benzene rings is 1. The minimum atomic E-state index is -3.34. The van der Waals surface area contributed by atoms with Crippen molar-refractivity contribution in [2.75, 3.05) is 26.2 Å². The van der Waals surface area contributed by atoms with Crippen molar-refractivity contribution in [3.8, 4) is 0 Å². The van der Waals surface area contributed by atoms with Crippen LogP contribution in [0.25, 0.3) is 0 Å². The molecular formula is C18H31IN4O2S. The Morgan fingerprint density at radius 2 is 1.77 bits per heavy atom. The SMILES string of the molecule is CCNC(=NCc1ccc(S(=O)(=O)N2CCCC2)cc1)NCC(C)C.I. The Morgan fingerprint density at radius 3 is 2.31 bits per heavy atom. The predicted octanol–water partition coefficient (Wildman–Crippen LogP) is 2.80. The van der Waals surface area contributed by atoms with Crippen LogP contribution in [0.3, 0.4) is 0 Å². The summed E-state index contributed by atoms with van der Waals surface area (Å²) in [5.74, 6) is 1.32. The van der Waals surface area contributed by atoms with E-state index in [0.29, 0.717) is 30.4 Å². The van der Waals surface area contributed by atoms with Gasteiger partial charge in [0.25, 0.3) is 0 Å². The van der Waals surface area contributed by atoms with E-state index < -0.39 is 10.0 Å². The highest BCUT2D eigenvalue weighted by atomic mass is 127. The first-order chi connectivity index (χ1) is 11.9. The van der Waals surface area contributed by atoms with E-state index in [1.807, 2.05) is 19.1 Å². The van der Waals surface area contributed by atoms with E-state index in [1.165, 1.54) is 0 Å². The molecule has 1 saturated heterocycles. The molecule has 0 amide bonds. The second-order valence-electron chi connectivity index (χ2n) is 6.73. The molecule has 0 atom stereocenters. The monoisotopic (exact) mass is 494 g/mol. The van der Waals surface area contributed by atoms with Crippen molar-refractivity contribution in [1.29, 1.82) is 0 Å². The Balaban J connectivity index is 0.00000338. The molecule has 0 unspecified atom stereocenters. The molecule has 6 nitrogen and oxygen atoms in total. The summed E-state index contributed by atoms with van der Waals surface area (Å²) in [7, 11) is -3.34. The normalized spacial score (nSPS) is 15.8. The standard InChI is InChI=1S/C18H30N4O2S.HI/c1-4-19-18(20-13-15(2)3)21-14-16-7-9-17(10-8-16)25(23,24)22-11-5-6-12-22;/h7-10,15H,4-6,11-14H2,1-3H3,(H2,19,20,21);1H. The van der Waals surface area contributed by atoms with E-state index in [1.54, 1.807) is 16.4 Å². The minimum absolute atomic E-state index is 0. The fourth-order valence-electron chi connectivity index (χ4n) is 2.66. The molecule has 26 heavy (non-hydrogen) atoms. The van der Waals surface area contributed by atoms with Crippen LogP contribution in [-0.4, -0.2) is 44.9 Å². The largest absolute Gasteiger partial charge is 0.357 e. The van der Waals surface area contributed by atoms with Gasteiger partial charge < -0.3 is 10.6 Å². The maximum atomic E-state index is 12.5. The van der Waals surface area contributed by atoms with Gasteiger partial charge in [0.05, 0.1) is 11.4 Å². The number of hydrogen-bond acceptors (Lipinski definition) is 3. The molecule has 0 aromatic heterocycles. The Hall–Kier alpha value is -0.870. The van der Waals surface area contributed by atoms with E-state index in [-0.39, 0.29) is 24.0 Å². The van der Waals surface area contributed by atoms with Crippen LogP contribution in [0.15, 0.2) is 34.2 Å². The molecule has 1 aromatic carbocycles. The third kappa shape index (κ3) is 6.70. The Labute approximate surface area is 174 Å². The summed E-state index contributed by atoms with van der Waals surface area (Å²) in [6.07, 6.45) is 1.89. The molecule has 0 spiro atoms. The lowest BCUT2D eigenvalue weighted by Gasteiger charge is -2.15. The molecule has 1 fully saturated rings. The molecule has 1 heterocycles. The maximum absolute atomic E-state index is 12.5. The highest BCUT2D eigenvalue weighted by Gasteiger charge is 2.26. The molecule has 8 heteroatoms. The van der Waals surface area contributed by atoms with Crippen LogP contribution in [0.5, 0.6) is 0 Å². The van der Waals surface area contributed by atoms with Crippen LogP contribution in [0.1, 0.15) is 39.2 Å². The average Bonchev–Trinajstić information content (AvgIpc) is 3.13. The molecule has 0 aliphatic carbocycles. The highest BCUT2D eigenvalue weighted by Crippen LogP contribution is 2.21. The Bertz CT molecular complexity index is 669. The molecule has 2 rings (SSSR count). The van der Waals surface area contributed by atoms with Gasteiger partial charge >= 0.3 is 0 Å². The summed E-state index contributed by atoms with van der Waals surface area (Å²) in [5.41, 5.74) is 0.988. The van der Waals surface area contributed by atoms with E-state index in [4.69, 9.17) is 0 Å². The van der Waals surface area contributed by atoms with Crippen molar-refractivity contribution in [2.24, 2.45) is 10.9 Å². The molecule has 1 aromatic rings. The number of hydrogen-bond donors (Lipinski definition) is 2. The molecule has 0 bridgehead atoms. The van der Waals surface area contributed by atoms with Gasteiger partial charge in [-0.15, -0.1) is 24.0 Å². The van der Waals surface area contributed by atoms with Gasteiger partial charge in [-0.05, 0) is 43.4 Å². The molecule has 2 N–H and O–H groups in total. The molecule has 1 aliphatic heterocycles. The lowest BCUT2D eigenvalue weighted by atomic mass is 10.2. The Morgan fingerprint density at radius 1 is 1.15 bits per heavy atom. The topological polar surface area (TPSA) is 73.8 Å². The second kappa shape index (κ2) is 11.1. The maximum Gasteiger partial charge on any atom is 0.243 e. The second-order valence-corrected chi connectivity index (χ2v) is 8.66. The van der Waals surface area contributed by atoms with Crippen molar-refractivity contribution < 1.29 is 8.42 Å². The summed E-state index contributed by atoms with van der Waals surface area (Å²) in [4.78, 5) is 4.93. The van der Waals surface area contributed by atoms with Gasteiger partial charge in [0.1, 0.15) is 0 Å². The number of nitrogens with one attached hydrogen (secondary N) is 2. The molecule has 0 radical (unpaired) electrons. The van der Waals surface area contributed by atoms with Gasteiger partial charge in [-0.3, -0.25) is 0 Å². The molecule has 1 aliphatic rings. The average molecular weight is 494 g/mol. The predicted molar refractivity (Wildman–Crippen MR) is 118 cm³/mol. The van der Waals surface area contributed by atoms with Crippen LogP contribution < -0.4 is 10.6 Å². The number of sulfonamides is 1. The van der Waals surface area contributed by atoms with Crippen LogP contribution >= 0.6 is 24.0 Å². The number of guanidine groups is 1. The molecule has 148 valence electrons. The third-order valence-electron chi connectivity index (χ3n) is 4.07. The number of halogens is 1. The van der Waals surface area contributed by atoms with Gasteiger partial charge in [-0.1, -0.05) is 26.0 Å². The van der Waals surface area contributed by atoms with Gasteiger partial charge in [0, 0.05) is 26.2 Å². The van der Waals surface area contributed by atoms with Crippen molar-refractivity contribution in [2.45, 2.75) is 45.1 Å². The number of aliphatic imine (C=N–C) groups is 1. The summed E-state index contributed by atoms with van der Waals surface area (Å²) < 4.78 is 26.6. The highest BCUT2D eigenvalue weighted by molar-refractivity contribution is 14.0. The first-order valence-corrected chi connectivity index (χ1v) is 10.5. The fourth-order valence-corrected chi connectivity index (χ4v) is 4.17. The van der Waals surface area contributed by atoms with Gasteiger partial charge in [-0.2, -0.15) is 4.31 Å². The van der Waals surface area contributed by atoms with Crippen LogP contribution in [-0.2, 0) is 16.6 Å². The smallest absolute Gasteiger partial charge is 0.243 e. The number of rotatable bonds is 7. The zero-order valence-corrected chi connectivity index (χ0v) is 19.0. The van der Waals surface area contributed by atoms with Gasteiger partial charge in [-0.25, -0.2) is 13.4 Å². The summed E-state index contributed by atoms with van der Waals surface area (Å²) >= 11 is 0. The summed E-state index contributed by atoms with van der Waals surface area (Å²) in [6.45, 7) is 9.76. The first-order valence-electron chi connectivity index (χ1n) is 9.04. The first kappa shape index (κ1) is 23.2. The zero-order chi connectivity index (χ0) is 18.3. The third-order valence-corrected chi connectivity index (χ3v) is 5.98. The van der Waals surface area contributed by atoms with Gasteiger partial charge in [0.2, 0.25) is 10.0 Å². The van der Waals surface area contributed by atoms with Crippen LogP contribution in [0.4, 0.5) is 0 Å². The van der Waals surface area contributed by atoms with Crippen molar-refractivity contribution in [1.82, 2.24) is 14.9 Å².